The van der Waals surface area contributed by atoms with E-state index in [-0.39, 0.29) is 5.91 Å². The summed E-state index contributed by atoms with van der Waals surface area (Å²) in [6.45, 7) is 3.19. The van der Waals surface area contributed by atoms with Crippen molar-refractivity contribution in [3.05, 3.63) is 72.7 Å². The standard InChI is InChI=1S/C20H20N4O2/c25-20(16-3-5-17(6-4-16)23-9-1-2-10-23)22-19-8-7-18(15-21-19)24-11-13-26-14-12-24/h1-10,15H,11-14H2,(H,21,22,25). The fraction of sp³-hybridized carbons (Fsp3) is 0.200. The second-order valence-corrected chi connectivity index (χ2v) is 6.09. The zero-order valence-electron chi connectivity index (χ0n) is 14.3. The van der Waals surface area contributed by atoms with Gasteiger partial charge in [-0.3, -0.25) is 4.79 Å². The lowest BCUT2D eigenvalue weighted by Gasteiger charge is -2.28. The third kappa shape index (κ3) is 3.60. The van der Waals surface area contributed by atoms with Crippen LogP contribution in [0.3, 0.4) is 0 Å². The molecule has 3 aromatic rings. The molecule has 26 heavy (non-hydrogen) atoms. The number of ether oxygens (including phenoxy) is 1. The second kappa shape index (κ2) is 7.41. The molecule has 1 aliphatic heterocycles. The van der Waals surface area contributed by atoms with Gasteiger partial charge in [0.05, 0.1) is 25.1 Å². The van der Waals surface area contributed by atoms with E-state index in [2.05, 4.69) is 15.2 Å². The van der Waals surface area contributed by atoms with Crippen molar-refractivity contribution < 1.29 is 9.53 Å². The van der Waals surface area contributed by atoms with Crippen LogP contribution in [-0.4, -0.2) is 41.8 Å². The molecule has 0 atom stereocenters. The Hall–Kier alpha value is -3.12. The highest BCUT2D eigenvalue weighted by Gasteiger charge is 2.12. The Morgan fingerprint density at radius 2 is 1.65 bits per heavy atom. The number of benzene rings is 1. The summed E-state index contributed by atoms with van der Waals surface area (Å²) in [6, 6.07) is 15.2. The summed E-state index contributed by atoms with van der Waals surface area (Å²) in [5.41, 5.74) is 2.65. The molecule has 0 aliphatic carbocycles. The quantitative estimate of drug-likeness (QED) is 0.787. The highest BCUT2D eigenvalue weighted by molar-refractivity contribution is 6.03. The van der Waals surface area contributed by atoms with Crippen molar-refractivity contribution in [1.29, 1.82) is 0 Å². The van der Waals surface area contributed by atoms with Crippen LogP contribution in [0.5, 0.6) is 0 Å². The Balaban J connectivity index is 1.41. The van der Waals surface area contributed by atoms with Crippen molar-refractivity contribution in [2.75, 3.05) is 36.5 Å². The van der Waals surface area contributed by atoms with E-state index in [0.29, 0.717) is 11.4 Å². The molecule has 0 radical (unpaired) electrons. The lowest BCUT2D eigenvalue weighted by molar-refractivity contribution is 0.102. The van der Waals surface area contributed by atoms with E-state index in [9.17, 15) is 4.79 Å². The van der Waals surface area contributed by atoms with Crippen molar-refractivity contribution in [1.82, 2.24) is 9.55 Å². The molecule has 1 saturated heterocycles. The van der Waals surface area contributed by atoms with Crippen LogP contribution in [0.4, 0.5) is 11.5 Å². The van der Waals surface area contributed by atoms with Gasteiger partial charge in [0.25, 0.3) is 5.91 Å². The van der Waals surface area contributed by atoms with E-state index in [1.165, 1.54) is 0 Å². The van der Waals surface area contributed by atoms with Crippen molar-refractivity contribution in [3.63, 3.8) is 0 Å². The molecule has 6 nitrogen and oxygen atoms in total. The van der Waals surface area contributed by atoms with Crippen molar-refractivity contribution in [3.8, 4) is 5.69 Å². The molecule has 0 unspecified atom stereocenters. The van der Waals surface area contributed by atoms with Crippen LogP contribution in [0.2, 0.25) is 0 Å². The SMILES string of the molecule is O=C(Nc1ccc(N2CCOCC2)cn1)c1ccc(-n2cccc2)cc1. The van der Waals surface area contributed by atoms with Gasteiger partial charge in [0, 0.05) is 36.7 Å². The van der Waals surface area contributed by atoms with Gasteiger partial charge in [0.1, 0.15) is 5.82 Å². The number of morpholine rings is 1. The van der Waals surface area contributed by atoms with E-state index in [4.69, 9.17) is 4.74 Å². The number of carbonyl (C=O) groups is 1. The minimum Gasteiger partial charge on any atom is -0.378 e. The highest BCUT2D eigenvalue weighted by atomic mass is 16.5. The maximum Gasteiger partial charge on any atom is 0.256 e. The van der Waals surface area contributed by atoms with Gasteiger partial charge in [0.15, 0.2) is 0 Å². The van der Waals surface area contributed by atoms with Gasteiger partial charge in [-0.25, -0.2) is 4.98 Å². The number of amides is 1. The van der Waals surface area contributed by atoms with Gasteiger partial charge in [-0.2, -0.15) is 0 Å². The first kappa shape index (κ1) is 16.4. The maximum atomic E-state index is 12.4. The van der Waals surface area contributed by atoms with Gasteiger partial charge >= 0.3 is 0 Å². The summed E-state index contributed by atoms with van der Waals surface area (Å²) >= 11 is 0. The summed E-state index contributed by atoms with van der Waals surface area (Å²) in [7, 11) is 0. The second-order valence-electron chi connectivity index (χ2n) is 6.09. The minimum absolute atomic E-state index is 0.171. The molecule has 1 fully saturated rings. The first-order valence-corrected chi connectivity index (χ1v) is 8.63. The van der Waals surface area contributed by atoms with Crippen molar-refractivity contribution >= 4 is 17.4 Å². The van der Waals surface area contributed by atoms with E-state index < -0.39 is 0 Å². The summed E-state index contributed by atoms with van der Waals surface area (Å²) in [6.07, 6.45) is 5.72. The highest BCUT2D eigenvalue weighted by Crippen LogP contribution is 2.17. The molecular formula is C20H20N4O2. The number of nitrogens with one attached hydrogen (secondary N) is 1. The normalized spacial score (nSPS) is 14.2. The number of hydrogen-bond acceptors (Lipinski definition) is 4. The summed E-state index contributed by atoms with van der Waals surface area (Å²) in [5, 5.41) is 2.84. The molecule has 4 rings (SSSR count). The van der Waals surface area contributed by atoms with Gasteiger partial charge in [-0.15, -0.1) is 0 Å². The smallest absolute Gasteiger partial charge is 0.256 e. The van der Waals surface area contributed by atoms with Gasteiger partial charge in [-0.05, 0) is 48.5 Å². The molecule has 0 saturated carbocycles. The lowest BCUT2D eigenvalue weighted by Crippen LogP contribution is -2.36. The largest absolute Gasteiger partial charge is 0.378 e. The van der Waals surface area contributed by atoms with Gasteiger partial charge in [-0.1, -0.05) is 0 Å². The molecule has 132 valence electrons. The Bertz CT molecular complexity index is 852. The molecule has 2 aromatic heterocycles. The molecule has 6 heteroatoms. The molecule has 1 aromatic carbocycles. The molecule has 1 aliphatic rings. The molecule has 0 spiro atoms. The van der Waals surface area contributed by atoms with Crippen LogP contribution in [0.1, 0.15) is 10.4 Å². The first-order chi connectivity index (χ1) is 12.8. The summed E-state index contributed by atoms with van der Waals surface area (Å²) < 4.78 is 7.35. The molecule has 1 N–H and O–H groups in total. The Kier molecular flexibility index (Phi) is 4.66. The van der Waals surface area contributed by atoms with Crippen LogP contribution in [0.25, 0.3) is 5.69 Å². The van der Waals surface area contributed by atoms with E-state index in [1.807, 2.05) is 65.5 Å². The van der Waals surface area contributed by atoms with E-state index >= 15 is 0 Å². The van der Waals surface area contributed by atoms with Crippen LogP contribution in [0.15, 0.2) is 67.1 Å². The average Bonchev–Trinajstić information content (AvgIpc) is 3.24. The molecule has 0 bridgehead atoms. The number of rotatable bonds is 4. The average molecular weight is 348 g/mol. The zero-order chi connectivity index (χ0) is 17.8. The lowest BCUT2D eigenvalue weighted by atomic mass is 10.2. The molecule has 1 amide bonds. The topological polar surface area (TPSA) is 59.4 Å². The van der Waals surface area contributed by atoms with Crippen LogP contribution >= 0.6 is 0 Å². The number of aromatic nitrogens is 2. The fourth-order valence-corrected chi connectivity index (χ4v) is 2.95. The zero-order valence-corrected chi connectivity index (χ0v) is 14.3. The van der Waals surface area contributed by atoms with Crippen molar-refractivity contribution in [2.45, 2.75) is 0 Å². The molecule has 3 heterocycles. The van der Waals surface area contributed by atoms with Gasteiger partial charge in [0.2, 0.25) is 0 Å². The Labute approximate surface area is 152 Å². The third-order valence-electron chi connectivity index (χ3n) is 4.40. The van der Waals surface area contributed by atoms with E-state index in [1.54, 1.807) is 6.20 Å². The maximum absolute atomic E-state index is 12.4. The van der Waals surface area contributed by atoms with Crippen LogP contribution in [0, 0.1) is 0 Å². The number of pyridine rings is 1. The first-order valence-electron chi connectivity index (χ1n) is 8.63. The van der Waals surface area contributed by atoms with Gasteiger partial charge < -0.3 is 19.5 Å². The summed E-state index contributed by atoms with van der Waals surface area (Å²) in [5.74, 6) is 0.372. The predicted octanol–water partition coefficient (Wildman–Crippen LogP) is 2.96. The minimum atomic E-state index is -0.171. The number of hydrogen-bond donors (Lipinski definition) is 1. The van der Waals surface area contributed by atoms with E-state index in [0.717, 1.165) is 37.7 Å². The Morgan fingerprint density at radius 3 is 2.31 bits per heavy atom. The number of anilines is 2. The van der Waals surface area contributed by atoms with Crippen LogP contribution in [-0.2, 0) is 4.74 Å². The predicted molar refractivity (Wildman–Crippen MR) is 101 cm³/mol. The Morgan fingerprint density at radius 1 is 0.962 bits per heavy atom. The summed E-state index contributed by atoms with van der Waals surface area (Å²) in [4.78, 5) is 19.0. The third-order valence-corrected chi connectivity index (χ3v) is 4.40. The fourth-order valence-electron chi connectivity index (χ4n) is 2.95. The monoisotopic (exact) mass is 348 g/mol. The number of nitrogens with zero attached hydrogens (tertiary/aromatic N) is 3. The van der Waals surface area contributed by atoms with Crippen molar-refractivity contribution in [2.24, 2.45) is 0 Å². The van der Waals surface area contributed by atoms with Crippen LogP contribution < -0.4 is 10.2 Å². The molecular weight excluding hydrogens is 328 g/mol. The number of carbonyl (C=O) groups excluding carboxylic acids is 1.